The van der Waals surface area contributed by atoms with Crippen molar-refractivity contribution in [2.75, 3.05) is 6.61 Å². The van der Waals surface area contributed by atoms with Gasteiger partial charge < -0.3 is 4.84 Å². The molecule has 0 aliphatic rings. The minimum absolute atomic E-state index is 0.125. The molecule has 1 aromatic carbocycles. The Bertz CT molecular complexity index is 288. The van der Waals surface area contributed by atoms with Crippen LogP contribution in [-0.2, 0) is 4.84 Å². The first-order chi connectivity index (χ1) is 6.15. The van der Waals surface area contributed by atoms with Crippen molar-refractivity contribution in [1.82, 2.24) is 0 Å². The van der Waals surface area contributed by atoms with Crippen molar-refractivity contribution in [2.45, 2.75) is 19.8 Å². The lowest BCUT2D eigenvalue weighted by Gasteiger charge is -2.10. The second-order valence-corrected chi connectivity index (χ2v) is 3.24. The number of aryl methyl sites for hydroxylation is 1. The van der Waals surface area contributed by atoms with Crippen LogP contribution in [0.25, 0.3) is 0 Å². The first-order valence-electron chi connectivity index (χ1n) is 4.23. The van der Waals surface area contributed by atoms with Crippen LogP contribution >= 0.6 is 0 Å². The SMILES string of the molecule is Cc1ccc(C(C)CON)cc1F. The fraction of sp³-hybridized carbons (Fsp3) is 0.400. The summed E-state index contributed by atoms with van der Waals surface area (Å²) >= 11 is 0. The molecule has 1 unspecified atom stereocenters. The monoisotopic (exact) mass is 183 g/mol. The molecule has 1 rings (SSSR count). The van der Waals surface area contributed by atoms with Gasteiger partial charge in [-0.3, -0.25) is 0 Å². The fourth-order valence-corrected chi connectivity index (χ4v) is 1.16. The third-order valence-electron chi connectivity index (χ3n) is 2.11. The minimum atomic E-state index is -0.179. The van der Waals surface area contributed by atoms with Crippen LogP contribution in [0.1, 0.15) is 24.0 Å². The Morgan fingerprint density at radius 3 is 2.77 bits per heavy atom. The zero-order valence-electron chi connectivity index (χ0n) is 7.88. The molecule has 0 aliphatic heterocycles. The highest BCUT2D eigenvalue weighted by molar-refractivity contribution is 5.25. The number of hydrogen-bond donors (Lipinski definition) is 1. The van der Waals surface area contributed by atoms with E-state index in [4.69, 9.17) is 5.90 Å². The van der Waals surface area contributed by atoms with Crippen LogP contribution in [0.4, 0.5) is 4.39 Å². The molecular formula is C10H14FNO. The Hall–Kier alpha value is -0.930. The zero-order chi connectivity index (χ0) is 9.84. The Morgan fingerprint density at radius 1 is 1.54 bits per heavy atom. The highest BCUT2D eigenvalue weighted by Gasteiger charge is 2.07. The molecular weight excluding hydrogens is 169 g/mol. The van der Waals surface area contributed by atoms with Gasteiger partial charge in [0.2, 0.25) is 0 Å². The van der Waals surface area contributed by atoms with E-state index in [-0.39, 0.29) is 11.7 Å². The maximum absolute atomic E-state index is 13.1. The summed E-state index contributed by atoms with van der Waals surface area (Å²) in [4.78, 5) is 4.51. The summed E-state index contributed by atoms with van der Waals surface area (Å²) < 4.78 is 13.1. The van der Waals surface area contributed by atoms with E-state index in [1.54, 1.807) is 13.0 Å². The van der Waals surface area contributed by atoms with Crippen molar-refractivity contribution in [3.63, 3.8) is 0 Å². The van der Waals surface area contributed by atoms with Crippen LogP contribution in [-0.4, -0.2) is 6.61 Å². The van der Waals surface area contributed by atoms with Gasteiger partial charge in [0.05, 0.1) is 6.61 Å². The molecule has 0 amide bonds. The summed E-state index contributed by atoms with van der Waals surface area (Å²) in [5.41, 5.74) is 1.57. The van der Waals surface area contributed by atoms with Crippen LogP contribution in [0.5, 0.6) is 0 Å². The van der Waals surface area contributed by atoms with Gasteiger partial charge in [0.15, 0.2) is 0 Å². The highest BCUT2D eigenvalue weighted by Crippen LogP contribution is 2.17. The lowest BCUT2D eigenvalue weighted by atomic mass is 10.0. The van der Waals surface area contributed by atoms with E-state index in [1.165, 1.54) is 6.07 Å². The maximum atomic E-state index is 13.1. The predicted molar refractivity (Wildman–Crippen MR) is 49.7 cm³/mol. The van der Waals surface area contributed by atoms with Gasteiger partial charge in [-0.15, -0.1) is 0 Å². The number of nitrogens with two attached hydrogens (primary N) is 1. The average Bonchev–Trinajstić information content (AvgIpc) is 2.10. The molecule has 0 aromatic heterocycles. The van der Waals surface area contributed by atoms with Crippen molar-refractivity contribution >= 4 is 0 Å². The predicted octanol–water partition coefficient (Wildman–Crippen LogP) is 2.13. The molecule has 0 aliphatic carbocycles. The Morgan fingerprint density at radius 2 is 2.23 bits per heavy atom. The van der Waals surface area contributed by atoms with Crippen LogP contribution in [0.3, 0.4) is 0 Å². The van der Waals surface area contributed by atoms with Crippen molar-refractivity contribution in [3.8, 4) is 0 Å². The molecule has 0 saturated carbocycles. The molecule has 2 N–H and O–H groups in total. The van der Waals surface area contributed by atoms with E-state index in [9.17, 15) is 4.39 Å². The molecule has 0 spiro atoms. The minimum Gasteiger partial charge on any atom is -0.304 e. The van der Waals surface area contributed by atoms with Gasteiger partial charge >= 0.3 is 0 Å². The molecule has 2 nitrogen and oxygen atoms in total. The number of rotatable bonds is 3. The van der Waals surface area contributed by atoms with Crippen molar-refractivity contribution in [3.05, 3.63) is 35.1 Å². The van der Waals surface area contributed by atoms with E-state index in [2.05, 4.69) is 4.84 Å². The number of halogens is 1. The van der Waals surface area contributed by atoms with Gasteiger partial charge in [0.25, 0.3) is 0 Å². The van der Waals surface area contributed by atoms with E-state index < -0.39 is 0 Å². The lowest BCUT2D eigenvalue weighted by Crippen LogP contribution is -2.08. The largest absolute Gasteiger partial charge is 0.304 e. The van der Waals surface area contributed by atoms with Crippen LogP contribution in [0.15, 0.2) is 18.2 Å². The number of hydrogen-bond acceptors (Lipinski definition) is 2. The molecule has 0 radical (unpaired) electrons. The first kappa shape index (κ1) is 10.2. The Kier molecular flexibility index (Phi) is 3.39. The van der Waals surface area contributed by atoms with Crippen molar-refractivity contribution in [2.24, 2.45) is 5.90 Å². The smallest absolute Gasteiger partial charge is 0.126 e. The van der Waals surface area contributed by atoms with Crippen LogP contribution < -0.4 is 5.90 Å². The average molecular weight is 183 g/mol. The third-order valence-corrected chi connectivity index (χ3v) is 2.11. The first-order valence-corrected chi connectivity index (χ1v) is 4.23. The summed E-state index contributed by atoms with van der Waals surface area (Å²) in [6.45, 7) is 4.09. The van der Waals surface area contributed by atoms with Gasteiger partial charge in [0.1, 0.15) is 5.82 Å². The summed E-state index contributed by atoms with van der Waals surface area (Å²) in [5.74, 6) is 4.89. The van der Waals surface area contributed by atoms with Crippen LogP contribution in [0, 0.1) is 12.7 Å². The molecule has 0 saturated heterocycles. The molecule has 1 atom stereocenters. The molecule has 0 fully saturated rings. The zero-order valence-corrected chi connectivity index (χ0v) is 7.88. The highest BCUT2D eigenvalue weighted by atomic mass is 19.1. The second-order valence-electron chi connectivity index (χ2n) is 3.24. The molecule has 72 valence electrons. The lowest BCUT2D eigenvalue weighted by molar-refractivity contribution is 0.126. The van der Waals surface area contributed by atoms with E-state index >= 15 is 0 Å². The van der Waals surface area contributed by atoms with E-state index in [0.717, 1.165) is 5.56 Å². The van der Waals surface area contributed by atoms with Crippen molar-refractivity contribution < 1.29 is 9.23 Å². The normalized spacial score (nSPS) is 12.9. The van der Waals surface area contributed by atoms with E-state index in [0.29, 0.717) is 12.2 Å². The van der Waals surface area contributed by atoms with Gasteiger partial charge in [-0.05, 0) is 24.1 Å². The summed E-state index contributed by atoms with van der Waals surface area (Å²) in [5, 5.41) is 0. The van der Waals surface area contributed by atoms with Gasteiger partial charge in [0, 0.05) is 5.92 Å². The molecule has 1 aromatic rings. The molecule has 3 heteroatoms. The Labute approximate surface area is 77.5 Å². The summed E-state index contributed by atoms with van der Waals surface area (Å²) in [6, 6.07) is 5.18. The third kappa shape index (κ3) is 2.50. The van der Waals surface area contributed by atoms with Gasteiger partial charge in [-0.2, -0.15) is 0 Å². The maximum Gasteiger partial charge on any atom is 0.126 e. The fourth-order valence-electron chi connectivity index (χ4n) is 1.16. The molecule has 13 heavy (non-hydrogen) atoms. The molecule has 0 bridgehead atoms. The van der Waals surface area contributed by atoms with Crippen LogP contribution in [0.2, 0.25) is 0 Å². The number of benzene rings is 1. The van der Waals surface area contributed by atoms with E-state index in [1.807, 2.05) is 13.0 Å². The molecule has 0 heterocycles. The Balaban J connectivity index is 2.84. The summed E-state index contributed by atoms with van der Waals surface area (Å²) in [6.07, 6.45) is 0. The van der Waals surface area contributed by atoms with Gasteiger partial charge in [-0.25, -0.2) is 10.3 Å². The van der Waals surface area contributed by atoms with Crippen molar-refractivity contribution in [1.29, 1.82) is 0 Å². The second kappa shape index (κ2) is 4.35. The standard InChI is InChI=1S/C10H14FNO/c1-7-3-4-9(5-10(7)11)8(2)6-13-12/h3-5,8H,6,12H2,1-2H3. The topological polar surface area (TPSA) is 35.2 Å². The quantitative estimate of drug-likeness (QED) is 0.728. The van der Waals surface area contributed by atoms with Gasteiger partial charge in [-0.1, -0.05) is 19.1 Å². The summed E-state index contributed by atoms with van der Waals surface area (Å²) in [7, 11) is 0.